The lowest BCUT2D eigenvalue weighted by atomic mass is 10.5. The van der Waals surface area contributed by atoms with Crippen molar-refractivity contribution in [3.63, 3.8) is 0 Å². The first-order valence-electron chi connectivity index (χ1n) is 7.17. The number of nitrogens with zero attached hydrogens (tertiary/aromatic N) is 5. The molecule has 1 saturated carbocycles. The predicted octanol–water partition coefficient (Wildman–Crippen LogP) is 1.75. The average molecular weight is 264 g/mol. The van der Waals surface area contributed by atoms with Crippen LogP contribution in [-0.2, 0) is 0 Å². The van der Waals surface area contributed by atoms with Gasteiger partial charge in [0.05, 0.1) is 0 Å². The summed E-state index contributed by atoms with van der Waals surface area (Å²) in [5, 5.41) is 3.19. The molecule has 1 heterocycles. The Kier molecular flexibility index (Phi) is 4.39. The zero-order valence-electron chi connectivity index (χ0n) is 12.3. The second-order valence-electron chi connectivity index (χ2n) is 4.80. The Balaban J connectivity index is 2.30. The van der Waals surface area contributed by atoms with Crippen molar-refractivity contribution in [2.24, 2.45) is 0 Å². The van der Waals surface area contributed by atoms with Gasteiger partial charge < -0.3 is 15.1 Å². The van der Waals surface area contributed by atoms with E-state index < -0.39 is 0 Å². The second kappa shape index (κ2) is 6.04. The molecular formula is C13H24N6. The highest BCUT2D eigenvalue weighted by Gasteiger charge is 2.28. The fourth-order valence-electron chi connectivity index (χ4n) is 2.02. The van der Waals surface area contributed by atoms with Crippen LogP contribution in [-0.4, -0.2) is 47.7 Å². The molecule has 6 nitrogen and oxygen atoms in total. The third-order valence-corrected chi connectivity index (χ3v) is 3.40. The van der Waals surface area contributed by atoms with Crippen LogP contribution in [0.4, 0.5) is 17.8 Å². The van der Waals surface area contributed by atoms with Gasteiger partial charge in [0.25, 0.3) is 0 Å². The zero-order chi connectivity index (χ0) is 13.8. The number of hydrogen-bond donors (Lipinski definition) is 1. The number of rotatable bonds is 7. The summed E-state index contributed by atoms with van der Waals surface area (Å²) in [5.74, 6) is 2.20. The molecular weight excluding hydrogens is 240 g/mol. The molecule has 0 saturated heterocycles. The molecule has 19 heavy (non-hydrogen) atoms. The van der Waals surface area contributed by atoms with Crippen LogP contribution in [0, 0.1) is 0 Å². The maximum Gasteiger partial charge on any atom is 0.231 e. The SMILES string of the molecule is CCNc1nc(N(CC)CC)nc(N(C)C2CC2)n1. The monoisotopic (exact) mass is 264 g/mol. The van der Waals surface area contributed by atoms with Gasteiger partial charge in [-0.1, -0.05) is 0 Å². The number of hydrogen-bond acceptors (Lipinski definition) is 6. The normalized spacial score (nSPS) is 14.3. The van der Waals surface area contributed by atoms with Crippen LogP contribution in [0.1, 0.15) is 33.6 Å². The van der Waals surface area contributed by atoms with Gasteiger partial charge in [0.2, 0.25) is 17.8 Å². The minimum Gasteiger partial charge on any atom is -0.354 e. The summed E-state index contributed by atoms with van der Waals surface area (Å²) in [5.41, 5.74) is 0. The molecule has 6 heteroatoms. The Morgan fingerprint density at radius 1 is 1.05 bits per heavy atom. The van der Waals surface area contributed by atoms with Crippen LogP contribution in [0.2, 0.25) is 0 Å². The molecule has 1 aliphatic carbocycles. The largest absolute Gasteiger partial charge is 0.354 e. The molecule has 1 aromatic rings. The number of nitrogens with one attached hydrogen (secondary N) is 1. The first-order valence-corrected chi connectivity index (χ1v) is 7.17. The summed E-state index contributed by atoms with van der Waals surface area (Å²) in [7, 11) is 2.06. The van der Waals surface area contributed by atoms with Crippen molar-refractivity contribution in [3.05, 3.63) is 0 Å². The van der Waals surface area contributed by atoms with E-state index in [2.05, 4.69) is 51.0 Å². The van der Waals surface area contributed by atoms with Gasteiger partial charge in [0, 0.05) is 32.7 Å². The van der Waals surface area contributed by atoms with Gasteiger partial charge in [-0.15, -0.1) is 0 Å². The summed E-state index contributed by atoms with van der Waals surface area (Å²) in [6.07, 6.45) is 2.47. The molecule has 2 rings (SSSR count). The van der Waals surface area contributed by atoms with Crippen molar-refractivity contribution in [2.75, 3.05) is 41.8 Å². The molecule has 106 valence electrons. The first kappa shape index (κ1) is 13.8. The van der Waals surface area contributed by atoms with Crippen molar-refractivity contribution in [1.82, 2.24) is 15.0 Å². The fraction of sp³-hybridized carbons (Fsp3) is 0.769. The molecule has 0 radical (unpaired) electrons. The van der Waals surface area contributed by atoms with Crippen molar-refractivity contribution in [3.8, 4) is 0 Å². The van der Waals surface area contributed by atoms with Crippen molar-refractivity contribution in [1.29, 1.82) is 0 Å². The van der Waals surface area contributed by atoms with Crippen LogP contribution >= 0.6 is 0 Å². The summed E-state index contributed by atoms with van der Waals surface area (Å²) in [6.45, 7) is 8.89. The molecule has 1 aromatic heterocycles. The van der Waals surface area contributed by atoms with Gasteiger partial charge in [-0.25, -0.2) is 0 Å². The highest BCUT2D eigenvalue weighted by Crippen LogP contribution is 2.29. The highest BCUT2D eigenvalue weighted by atomic mass is 15.4. The molecule has 0 aliphatic heterocycles. The van der Waals surface area contributed by atoms with Crippen LogP contribution < -0.4 is 15.1 Å². The number of anilines is 3. The maximum atomic E-state index is 4.61. The maximum absolute atomic E-state index is 4.61. The standard InChI is InChI=1S/C13H24N6/c1-5-14-11-15-12(18(4)10-8-9-10)17-13(16-11)19(6-2)7-3/h10H,5-9H2,1-4H3,(H,14,15,16,17). The van der Waals surface area contributed by atoms with Crippen LogP contribution in [0.5, 0.6) is 0 Å². The number of aromatic nitrogens is 3. The highest BCUT2D eigenvalue weighted by molar-refractivity contribution is 5.46. The molecule has 0 amide bonds. The molecule has 0 bridgehead atoms. The molecule has 0 unspecified atom stereocenters. The molecule has 0 spiro atoms. The topological polar surface area (TPSA) is 57.2 Å². The molecule has 1 aliphatic rings. The minimum absolute atomic E-state index is 0.599. The third-order valence-electron chi connectivity index (χ3n) is 3.40. The third kappa shape index (κ3) is 3.24. The molecule has 0 aromatic carbocycles. The average Bonchev–Trinajstić information content (AvgIpc) is 3.24. The van der Waals surface area contributed by atoms with Crippen LogP contribution in [0.15, 0.2) is 0 Å². The van der Waals surface area contributed by atoms with Gasteiger partial charge in [-0.05, 0) is 33.6 Å². The van der Waals surface area contributed by atoms with Crippen molar-refractivity contribution in [2.45, 2.75) is 39.7 Å². The summed E-state index contributed by atoms with van der Waals surface area (Å²) in [6, 6.07) is 0.599. The Morgan fingerprint density at radius 2 is 1.68 bits per heavy atom. The quantitative estimate of drug-likeness (QED) is 0.809. The van der Waals surface area contributed by atoms with E-state index in [0.717, 1.165) is 31.5 Å². The lowest BCUT2D eigenvalue weighted by Crippen LogP contribution is -2.28. The van der Waals surface area contributed by atoms with Gasteiger partial charge >= 0.3 is 0 Å². The molecule has 1 N–H and O–H groups in total. The summed E-state index contributed by atoms with van der Waals surface area (Å²) in [4.78, 5) is 17.9. The lowest BCUT2D eigenvalue weighted by molar-refractivity contribution is 0.790. The Labute approximate surface area is 115 Å². The smallest absolute Gasteiger partial charge is 0.231 e. The van der Waals surface area contributed by atoms with Gasteiger partial charge in [0.15, 0.2) is 0 Å². The molecule has 1 fully saturated rings. The lowest BCUT2D eigenvalue weighted by Gasteiger charge is -2.22. The van der Waals surface area contributed by atoms with E-state index in [4.69, 9.17) is 0 Å². The molecule has 0 atom stereocenters. The van der Waals surface area contributed by atoms with Crippen LogP contribution in [0.3, 0.4) is 0 Å². The summed E-state index contributed by atoms with van der Waals surface area (Å²) < 4.78 is 0. The van der Waals surface area contributed by atoms with Gasteiger partial charge in [0.1, 0.15) is 0 Å². The van der Waals surface area contributed by atoms with E-state index >= 15 is 0 Å². The Hall–Kier alpha value is -1.59. The van der Waals surface area contributed by atoms with E-state index in [1.807, 2.05) is 6.92 Å². The fourth-order valence-corrected chi connectivity index (χ4v) is 2.02. The van der Waals surface area contributed by atoms with E-state index in [1.165, 1.54) is 12.8 Å². The predicted molar refractivity (Wildman–Crippen MR) is 79.0 cm³/mol. The van der Waals surface area contributed by atoms with Crippen molar-refractivity contribution < 1.29 is 0 Å². The van der Waals surface area contributed by atoms with Gasteiger partial charge in [-0.2, -0.15) is 15.0 Å². The van der Waals surface area contributed by atoms with E-state index in [-0.39, 0.29) is 0 Å². The second-order valence-corrected chi connectivity index (χ2v) is 4.80. The van der Waals surface area contributed by atoms with Crippen molar-refractivity contribution >= 4 is 17.8 Å². The summed E-state index contributed by atoms with van der Waals surface area (Å²) >= 11 is 0. The van der Waals surface area contributed by atoms with E-state index in [1.54, 1.807) is 0 Å². The van der Waals surface area contributed by atoms with Gasteiger partial charge in [-0.3, -0.25) is 0 Å². The van der Waals surface area contributed by atoms with Crippen LogP contribution in [0.25, 0.3) is 0 Å². The van der Waals surface area contributed by atoms with E-state index in [9.17, 15) is 0 Å². The Morgan fingerprint density at radius 3 is 2.21 bits per heavy atom. The first-order chi connectivity index (χ1) is 9.19. The zero-order valence-corrected chi connectivity index (χ0v) is 12.3. The van der Waals surface area contributed by atoms with E-state index in [0.29, 0.717) is 12.0 Å². The minimum atomic E-state index is 0.599. The Bertz CT molecular complexity index is 393.